The number of piperazine rings is 1. The van der Waals surface area contributed by atoms with E-state index in [1.54, 1.807) is 11.3 Å². The predicted molar refractivity (Wildman–Crippen MR) is 117 cm³/mol. The first-order valence-corrected chi connectivity index (χ1v) is 11.3. The summed E-state index contributed by atoms with van der Waals surface area (Å²) in [5.41, 5.74) is 2.12. The van der Waals surface area contributed by atoms with Gasteiger partial charge in [0.05, 0.1) is 6.54 Å². The van der Waals surface area contributed by atoms with Crippen LogP contribution in [0.25, 0.3) is 0 Å². The standard InChI is InChI=1S/C22H30N4OS/c1-2-24-12-14-25(15-13-24)19-9-7-18(8-10-19)23-22(27)17-26-11-3-5-20(26)21-6-4-16-28-21/h4,6-10,16,20H,2-3,5,11-15,17H2,1H3,(H,23,27)/t20-/m0/s1. The average Bonchev–Trinajstić information content (AvgIpc) is 3.40. The van der Waals surface area contributed by atoms with Crippen LogP contribution in [0.3, 0.4) is 0 Å². The Morgan fingerprint density at radius 1 is 1.11 bits per heavy atom. The number of hydrogen-bond acceptors (Lipinski definition) is 5. The molecule has 6 heteroatoms. The Morgan fingerprint density at radius 2 is 1.89 bits per heavy atom. The second-order valence-electron chi connectivity index (χ2n) is 7.66. The molecule has 1 N–H and O–H groups in total. The molecule has 0 bridgehead atoms. The molecule has 2 saturated heterocycles. The van der Waals surface area contributed by atoms with Crippen molar-refractivity contribution >= 4 is 28.6 Å². The second kappa shape index (κ2) is 9.07. The minimum absolute atomic E-state index is 0.0766. The van der Waals surface area contributed by atoms with Gasteiger partial charge in [-0.3, -0.25) is 9.69 Å². The van der Waals surface area contributed by atoms with Crippen molar-refractivity contribution in [1.82, 2.24) is 9.80 Å². The van der Waals surface area contributed by atoms with Crippen LogP contribution in [-0.4, -0.2) is 61.5 Å². The fraction of sp³-hybridized carbons (Fsp3) is 0.500. The summed E-state index contributed by atoms with van der Waals surface area (Å²) in [7, 11) is 0. The lowest BCUT2D eigenvalue weighted by Crippen LogP contribution is -2.46. The zero-order valence-corrected chi connectivity index (χ0v) is 17.5. The molecule has 1 atom stereocenters. The molecule has 2 aliphatic rings. The Kier molecular flexibility index (Phi) is 6.29. The van der Waals surface area contributed by atoms with E-state index >= 15 is 0 Å². The minimum atomic E-state index is 0.0766. The van der Waals surface area contributed by atoms with Crippen LogP contribution in [0.15, 0.2) is 41.8 Å². The molecule has 28 heavy (non-hydrogen) atoms. The lowest BCUT2D eigenvalue weighted by molar-refractivity contribution is -0.117. The van der Waals surface area contributed by atoms with Gasteiger partial charge >= 0.3 is 0 Å². The minimum Gasteiger partial charge on any atom is -0.369 e. The van der Waals surface area contributed by atoms with E-state index in [9.17, 15) is 4.79 Å². The van der Waals surface area contributed by atoms with Gasteiger partial charge in [0.1, 0.15) is 0 Å². The lowest BCUT2D eigenvalue weighted by Gasteiger charge is -2.35. The molecular weight excluding hydrogens is 368 g/mol. The number of likely N-dealkylation sites (tertiary alicyclic amines) is 1. The van der Waals surface area contributed by atoms with Gasteiger partial charge in [0.25, 0.3) is 0 Å². The Balaban J connectivity index is 1.30. The SMILES string of the molecule is CCN1CCN(c2ccc(NC(=O)CN3CCC[C@H]3c3cccs3)cc2)CC1. The van der Waals surface area contributed by atoms with Crippen LogP contribution < -0.4 is 10.2 Å². The quantitative estimate of drug-likeness (QED) is 0.806. The zero-order chi connectivity index (χ0) is 19.3. The molecule has 1 aromatic carbocycles. The molecule has 3 heterocycles. The predicted octanol–water partition coefficient (Wildman–Crippen LogP) is 3.67. The Bertz CT molecular complexity index is 753. The molecule has 2 aliphatic heterocycles. The van der Waals surface area contributed by atoms with Gasteiger partial charge in [0.15, 0.2) is 0 Å². The van der Waals surface area contributed by atoms with Crippen LogP contribution >= 0.6 is 11.3 Å². The zero-order valence-electron chi connectivity index (χ0n) is 16.6. The number of benzene rings is 1. The monoisotopic (exact) mass is 398 g/mol. The first-order chi connectivity index (χ1) is 13.7. The first-order valence-electron chi connectivity index (χ1n) is 10.4. The van der Waals surface area contributed by atoms with E-state index in [0.29, 0.717) is 12.6 Å². The van der Waals surface area contributed by atoms with Crippen molar-refractivity contribution in [3.63, 3.8) is 0 Å². The Morgan fingerprint density at radius 3 is 2.57 bits per heavy atom. The van der Waals surface area contributed by atoms with Crippen molar-refractivity contribution in [2.45, 2.75) is 25.8 Å². The topological polar surface area (TPSA) is 38.8 Å². The number of hydrogen-bond donors (Lipinski definition) is 1. The summed E-state index contributed by atoms with van der Waals surface area (Å²) < 4.78 is 0. The van der Waals surface area contributed by atoms with E-state index in [1.165, 1.54) is 10.6 Å². The third-order valence-electron chi connectivity index (χ3n) is 5.92. The summed E-state index contributed by atoms with van der Waals surface area (Å²) in [6.45, 7) is 9.19. The molecule has 0 saturated carbocycles. The van der Waals surface area contributed by atoms with Gasteiger partial charge < -0.3 is 15.1 Å². The van der Waals surface area contributed by atoms with E-state index in [0.717, 1.165) is 57.8 Å². The van der Waals surface area contributed by atoms with Crippen molar-refractivity contribution in [2.24, 2.45) is 0 Å². The highest BCUT2D eigenvalue weighted by atomic mass is 32.1. The van der Waals surface area contributed by atoms with Crippen molar-refractivity contribution in [2.75, 3.05) is 56.0 Å². The smallest absolute Gasteiger partial charge is 0.238 e. The fourth-order valence-electron chi connectivity index (χ4n) is 4.28. The third kappa shape index (κ3) is 4.57. The summed E-state index contributed by atoms with van der Waals surface area (Å²) in [4.78, 5) is 21.2. The summed E-state index contributed by atoms with van der Waals surface area (Å²) >= 11 is 1.79. The Hall–Kier alpha value is -1.89. The normalized spacial score (nSPS) is 21.2. The molecule has 2 fully saturated rings. The van der Waals surface area contributed by atoms with Gasteiger partial charge in [-0.05, 0) is 61.6 Å². The van der Waals surface area contributed by atoms with Crippen LogP contribution in [0.2, 0.25) is 0 Å². The molecule has 5 nitrogen and oxygen atoms in total. The highest BCUT2D eigenvalue weighted by Crippen LogP contribution is 2.34. The van der Waals surface area contributed by atoms with Crippen LogP contribution in [0.1, 0.15) is 30.7 Å². The maximum Gasteiger partial charge on any atom is 0.238 e. The summed E-state index contributed by atoms with van der Waals surface area (Å²) in [5, 5.41) is 5.20. The molecule has 1 aromatic heterocycles. The van der Waals surface area contributed by atoms with Gasteiger partial charge in [-0.15, -0.1) is 11.3 Å². The molecule has 2 aromatic rings. The van der Waals surface area contributed by atoms with Crippen molar-refractivity contribution < 1.29 is 4.79 Å². The molecule has 0 unspecified atom stereocenters. The number of likely N-dealkylation sites (N-methyl/N-ethyl adjacent to an activating group) is 1. The Labute approximate surface area is 171 Å². The van der Waals surface area contributed by atoms with Gasteiger partial charge in [-0.25, -0.2) is 0 Å². The molecule has 4 rings (SSSR count). The average molecular weight is 399 g/mol. The van der Waals surface area contributed by atoms with Crippen LogP contribution in [0, 0.1) is 0 Å². The number of anilines is 2. The summed E-state index contributed by atoms with van der Waals surface area (Å²) in [6.07, 6.45) is 2.31. The summed E-state index contributed by atoms with van der Waals surface area (Å²) in [5.74, 6) is 0.0766. The van der Waals surface area contributed by atoms with Gasteiger partial charge in [-0.2, -0.15) is 0 Å². The maximum atomic E-state index is 12.6. The largest absolute Gasteiger partial charge is 0.369 e. The number of nitrogens with zero attached hydrogens (tertiary/aromatic N) is 3. The fourth-order valence-corrected chi connectivity index (χ4v) is 5.18. The number of nitrogens with one attached hydrogen (secondary N) is 1. The van der Waals surface area contributed by atoms with Crippen molar-refractivity contribution in [3.05, 3.63) is 46.7 Å². The molecule has 1 amide bonds. The number of thiophene rings is 1. The number of amides is 1. The maximum absolute atomic E-state index is 12.6. The van der Waals surface area contributed by atoms with Crippen LogP contribution in [-0.2, 0) is 4.79 Å². The van der Waals surface area contributed by atoms with Crippen molar-refractivity contribution in [1.29, 1.82) is 0 Å². The second-order valence-corrected chi connectivity index (χ2v) is 8.64. The molecule has 0 spiro atoms. The highest BCUT2D eigenvalue weighted by molar-refractivity contribution is 7.10. The molecule has 0 aliphatic carbocycles. The number of carbonyl (C=O) groups is 1. The van der Waals surface area contributed by atoms with E-state index < -0.39 is 0 Å². The van der Waals surface area contributed by atoms with E-state index in [2.05, 4.69) is 56.6 Å². The van der Waals surface area contributed by atoms with Gasteiger partial charge in [0, 0.05) is 48.5 Å². The van der Waals surface area contributed by atoms with Gasteiger partial charge in [-0.1, -0.05) is 13.0 Å². The van der Waals surface area contributed by atoms with E-state index in [1.807, 2.05) is 12.1 Å². The molecule has 0 radical (unpaired) electrons. The number of carbonyl (C=O) groups excluding carboxylic acids is 1. The molecular formula is C22H30N4OS. The molecule has 150 valence electrons. The third-order valence-corrected chi connectivity index (χ3v) is 6.89. The van der Waals surface area contributed by atoms with Gasteiger partial charge in [0.2, 0.25) is 5.91 Å². The van der Waals surface area contributed by atoms with E-state index in [4.69, 9.17) is 0 Å². The van der Waals surface area contributed by atoms with Crippen LogP contribution in [0.5, 0.6) is 0 Å². The summed E-state index contributed by atoms with van der Waals surface area (Å²) in [6, 6.07) is 13.0. The lowest BCUT2D eigenvalue weighted by atomic mass is 10.2. The highest BCUT2D eigenvalue weighted by Gasteiger charge is 2.28. The van der Waals surface area contributed by atoms with E-state index in [-0.39, 0.29) is 5.91 Å². The van der Waals surface area contributed by atoms with Crippen LogP contribution in [0.4, 0.5) is 11.4 Å². The van der Waals surface area contributed by atoms with Crippen molar-refractivity contribution in [3.8, 4) is 0 Å². The first kappa shape index (κ1) is 19.4. The number of rotatable bonds is 6.